The summed E-state index contributed by atoms with van der Waals surface area (Å²) in [4.78, 5) is 23.1. The monoisotopic (exact) mass is 251 g/mol. The zero-order chi connectivity index (χ0) is 13.1. The number of nitrogens with one attached hydrogen (secondary N) is 1. The first-order chi connectivity index (χ1) is 8.58. The van der Waals surface area contributed by atoms with Crippen LogP contribution >= 0.6 is 0 Å². The van der Waals surface area contributed by atoms with Gasteiger partial charge < -0.3 is 10.1 Å². The molecule has 0 radical (unpaired) electrons. The minimum atomic E-state index is -0.284. The Kier molecular flexibility index (Phi) is 3.76. The van der Waals surface area contributed by atoms with Crippen molar-refractivity contribution in [3.05, 3.63) is 28.2 Å². The Hall–Kier alpha value is -1.69. The molecule has 0 unspecified atom stereocenters. The number of carbonyl (C=O) groups is 1. The Morgan fingerprint density at radius 1 is 1.61 bits per heavy atom. The third-order valence-corrected chi connectivity index (χ3v) is 3.07. The van der Waals surface area contributed by atoms with Crippen molar-refractivity contribution < 1.29 is 9.53 Å². The Morgan fingerprint density at radius 3 is 3.00 bits per heavy atom. The highest BCUT2D eigenvalue weighted by molar-refractivity contribution is 5.92. The van der Waals surface area contributed by atoms with Crippen molar-refractivity contribution in [1.29, 1.82) is 0 Å². The van der Waals surface area contributed by atoms with Gasteiger partial charge in [-0.2, -0.15) is 5.10 Å². The summed E-state index contributed by atoms with van der Waals surface area (Å²) in [5, 5.41) is 6.75. The van der Waals surface area contributed by atoms with Crippen molar-refractivity contribution >= 4 is 5.91 Å². The van der Waals surface area contributed by atoms with E-state index in [-0.39, 0.29) is 29.3 Å². The van der Waals surface area contributed by atoms with Gasteiger partial charge in [-0.15, -0.1) is 0 Å². The predicted molar refractivity (Wildman–Crippen MR) is 65.4 cm³/mol. The van der Waals surface area contributed by atoms with Gasteiger partial charge in [-0.05, 0) is 25.8 Å². The Labute approximate surface area is 105 Å². The largest absolute Gasteiger partial charge is 0.376 e. The van der Waals surface area contributed by atoms with Crippen LogP contribution in [0.1, 0.15) is 30.3 Å². The molecule has 1 aliphatic rings. The molecule has 1 aromatic heterocycles. The highest BCUT2D eigenvalue weighted by atomic mass is 16.5. The number of hydrogen-bond donors (Lipinski definition) is 1. The van der Waals surface area contributed by atoms with Gasteiger partial charge in [0.05, 0.1) is 12.1 Å². The second-order valence-electron chi connectivity index (χ2n) is 4.49. The van der Waals surface area contributed by atoms with Crippen molar-refractivity contribution in [3.8, 4) is 0 Å². The summed E-state index contributed by atoms with van der Waals surface area (Å²) in [6, 6.07) is 2.71. The molecule has 1 aliphatic heterocycles. The number of carbonyl (C=O) groups excluding carboxylic acids is 1. The third-order valence-electron chi connectivity index (χ3n) is 3.07. The van der Waals surface area contributed by atoms with Crippen LogP contribution < -0.4 is 10.9 Å². The van der Waals surface area contributed by atoms with Gasteiger partial charge >= 0.3 is 0 Å². The van der Waals surface area contributed by atoms with Crippen LogP contribution in [0.15, 0.2) is 16.9 Å². The molecule has 2 rings (SSSR count). The van der Waals surface area contributed by atoms with Crippen LogP contribution in [0, 0.1) is 0 Å². The lowest BCUT2D eigenvalue weighted by atomic mass is 10.1. The van der Waals surface area contributed by atoms with Crippen molar-refractivity contribution in [2.45, 2.75) is 31.9 Å². The maximum Gasteiger partial charge on any atom is 0.272 e. The van der Waals surface area contributed by atoms with Crippen molar-refractivity contribution in [2.75, 3.05) is 6.61 Å². The van der Waals surface area contributed by atoms with Crippen LogP contribution in [-0.4, -0.2) is 34.4 Å². The first-order valence-corrected chi connectivity index (χ1v) is 6.05. The fourth-order valence-electron chi connectivity index (χ4n) is 1.99. The molecule has 1 aromatic rings. The summed E-state index contributed by atoms with van der Waals surface area (Å²) in [6.45, 7) is 2.67. The van der Waals surface area contributed by atoms with Crippen LogP contribution in [0.3, 0.4) is 0 Å². The maximum atomic E-state index is 11.9. The number of nitrogens with zero attached hydrogens (tertiary/aromatic N) is 2. The molecule has 6 heteroatoms. The molecule has 2 atom stereocenters. The standard InChI is InChI=1S/C12H17N3O3/c1-8(10-4-3-7-18-10)13-12(17)9-5-6-11(16)15(2)14-9/h5-6,8,10H,3-4,7H2,1-2H3,(H,13,17)/t8-,10+/m0/s1. The normalized spacial score (nSPS) is 20.7. The minimum Gasteiger partial charge on any atom is -0.376 e. The molecule has 0 saturated carbocycles. The van der Waals surface area contributed by atoms with Gasteiger partial charge in [0.25, 0.3) is 11.5 Å². The van der Waals surface area contributed by atoms with E-state index in [4.69, 9.17) is 4.74 Å². The van der Waals surface area contributed by atoms with Crippen LogP contribution in [0.4, 0.5) is 0 Å². The molecular formula is C12H17N3O3. The Balaban J connectivity index is 2.02. The van der Waals surface area contributed by atoms with Crippen molar-refractivity contribution in [3.63, 3.8) is 0 Å². The topological polar surface area (TPSA) is 73.2 Å². The summed E-state index contributed by atoms with van der Waals surface area (Å²) < 4.78 is 6.65. The van der Waals surface area contributed by atoms with E-state index in [0.29, 0.717) is 0 Å². The summed E-state index contributed by atoms with van der Waals surface area (Å²) >= 11 is 0. The molecule has 1 N–H and O–H groups in total. The molecular weight excluding hydrogens is 234 g/mol. The van der Waals surface area contributed by atoms with E-state index in [1.165, 1.54) is 19.2 Å². The second kappa shape index (κ2) is 5.30. The van der Waals surface area contributed by atoms with Gasteiger partial charge in [0, 0.05) is 19.7 Å². The van der Waals surface area contributed by atoms with Gasteiger partial charge in [-0.3, -0.25) is 9.59 Å². The number of rotatable bonds is 3. The van der Waals surface area contributed by atoms with Crippen LogP contribution in [0.2, 0.25) is 0 Å². The molecule has 0 aliphatic carbocycles. The van der Waals surface area contributed by atoms with Crippen LogP contribution in [-0.2, 0) is 11.8 Å². The molecule has 0 aromatic carbocycles. The second-order valence-corrected chi connectivity index (χ2v) is 4.49. The van der Waals surface area contributed by atoms with E-state index in [9.17, 15) is 9.59 Å². The van der Waals surface area contributed by atoms with Gasteiger partial charge in [-0.1, -0.05) is 0 Å². The zero-order valence-electron chi connectivity index (χ0n) is 10.5. The molecule has 6 nitrogen and oxygen atoms in total. The number of ether oxygens (including phenoxy) is 1. The van der Waals surface area contributed by atoms with E-state index >= 15 is 0 Å². The van der Waals surface area contributed by atoms with E-state index in [1.807, 2.05) is 6.92 Å². The number of aromatic nitrogens is 2. The summed E-state index contributed by atoms with van der Waals surface area (Å²) in [5.74, 6) is -0.284. The lowest BCUT2D eigenvalue weighted by Gasteiger charge is -2.19. The highest BCUT2D eigenvalue weighted by Crippen LogP contribution is 2.15. The van der Waals surface area contributed by atoms with Crippen LogP contribution in [0.5, 0.6) is 0 Å². The number of aryl methyl sites for hydroxylation is 1. The first-order valence-electron chi connectivity index (χ1n) is 6.05. The summed E-state index contributed by atoms with van der Waals surface area (Å²) in [7, 11) is 1.52. The first kappa shape index (κ1) is 12.8. The van der Waals surface area contributed by atoms with E-state index in [2.05, 4.69) is 10.4 Å². The Morgan fingerprint density at radius 2 is 2.39 bits per heavy atom. The third kappa shape index (κ3) is 2.76. The molecule has 1 amide bonds. The fraction of sp³-hybridized carbons (Fsp3) is 0.583. The fourth-order valence-corrected chi connectivity index (χ4v) is 1.99. The summed E-state index contributed by atoms with van der Waals surface area (Å²) in [6.07, 6.45) is 2.06. The van der Waals surface area contributed by atoms with Gasteiger partial charge in [0.15, 0.2) is 0 Å². The highest BCUT2D eigenvalue weighted by Gasteiger charge is 2.24. The van der Waals surface area contributed by atoms with E-state index in [1.54, 1.807) is 0 Å². The number of amides is 1. The van der Waals surface area contributed by atoms with Gasteiger partial charge in [-0.25, -0.2) is 4.68 Å². The zero-order valence-corrected chi connectivity index (χ0v) is 10.5. The molecule has 18 heavy (non-hydrogen) atoms. The lowest BCUT2D eigenvalue weighted by molar-refractivity contribution is 0.0708. The van der Waals surface area contributed by atoms with Crippen LogP contribution in [0.25, 0.3) is 0 Å². The van der Waals surface area contributed by atoms with E-state index < -0.39 is 0 Å². The molecule has 2 heterocycles. The minimum absolute atomic E-state index is 0.0564. The quantitative estimate of drug-likeness (QED) is 0.825. The number of hydrogen-bond acceptors (Lipinski definition) is 4. The molecule has 0 spiro atoms. The average molecular weight is 251 g/mol. The SMILES string of the molecule is C[C@H](NC(=O)c1ccc(=O)n(C)n1)[C@H]1CCCO1. The predicted octanol–water partition coefficient (Wildman–Crippen LogP) is 0.0776. The molecule has 98 valence electrons. The molecule has 1 fully saturated rings. The van der Waals surface area contributed by atoms with Gasteiger partial charge in [0.1, 0.15) is 5.69 Å². The van der Waals surface area contributed by atoms with Gasteiger partial charge in [0.2, 0.25) is 0 Å². The smallest absolute Gasteiger partial charge is 0.272 e. The summed E-state index contributed by atoms with van der Waals surface area (Å²) in [5.41, 5.74) is 0.000622. The van der Waals surface area contributed by atoms with Crippen molar-refractivity contribution in [1.82, 2.24) is 15.1 Å². The van der Waals surface area contributed by atoms with Crippen molar-refractivity contribution in [2.24, 2.45) is 7.05 Å². The molecule has 1 saturated heterocycles. The Bertz CT molecular complexity index is 492. The van der Waals surface area contributed by atoms with E-state index in [0.717, 1.165) is 24.1 Å². The molecule has 0 bridgehead atoms. The maximum absolute atomic E-state index is 11.9. The lowest BCUT2D eigenvalue weighted by Crippen LogP contribution is -2.41. The average Bonchev–Trinajstić information content (AvgIpc) is 2.86.